The Balaban J connectivity index is 1.14. The van der Waals surface area contributed by atoms with Crippen LogP contribution in [-0.2, 0) is 47.0 Å². The SMILES string of the molecule is C=C[C@H]1C[C@]12NC(=O)[C@@H]1C[C@@H](OC(=O)N3Cc4cccc(F)c4C3)CN1C(=O)CC(NC(=O)OC1CCCC1)CCCCCCCNc1c(F)cccc1S(=O)(=O)NC2=O. The maximum absolute atomic E-state index is 15.1. The summed E-state index contributed by atoms with van der Waals surface area (Å²) in [5.74, 6) is -4.38. The zero-order chi connectivity index (χ0) is 42.6. The highest BCUT2D eigenvalue weighted by Gasteiger charge is 2.61. The van der Waals surface area contributed by atoms with Crippen LogP contribution >= 0.6 is 0 Å². The van der Waals surface area contributed by atoms with Crippen LogP contribution in [0.4, 0.5) is 24.1 Å². The van der Waals surface area contributed by atoms with Crippen LogP contribution in [-0.4, -0.2) is 91.0 Å². The van der Waals surface area contributed by atoms with Gasteiger partial charge in [0.2, 0.25) is 11.8 Å². The van der Waals surface area contributed by atoms with Crippen LogP contribution in [0.1, 0.15) is 94.6 Å². The standard InChI is InChI=1S/C42H52F2N6O9S/c1-2-27-22-42(27)39(53)48-60(56,57)35-18-11-17-33(44)37(35)45-19-9-5-3-4-6-13-28(46-40(54)58-29-14-7-8-15-29)20-36(51)50-24-30(21-34(50)38(52)47-42)59-41(55)49-23-26-12-10-16-32(43)31(26)25-49/h2,10-12,16-18,27-30,34,45H,1,3-9,13-15,19-25H2,(H,46,54)(H,47,52)(H,48,53)/t27-,28?,30+,34-,42-/m0/s1. The van der Waals surface area contributed by atoms with Crippen LogP contribution < -0.4 is 20.7 Å². The highest BCUT2D eigenvalue weighted by Crippen LogP contribution is 2.45. The van der Waals surface area contributed by atoms with E-state index in [1.54, 1.807) is 12.1 Å². The van der Waals surface area contributed by atoms with Gasteiger partial charge in [-0.3, -0.25) is 19.3 Å². The fourth-order valence-electron chi connectivity index (χ4n) is 8.81. The molecule has 60 heavy (non-hydrogen) atoms. The molecule has 324 valence electrons. The first-order valence-electron chi connectivity index (χ1n) is 20.8. The molecule has 7 rings (SSSR count). The number of sulfonamides is 1. The molecule has 5 aliphatic rings. The highest BCUT2D eigenvalue weighted by molar-refractivity contribution is 7.90. The fourth-order valence-corrected chi connectivity index (χ4v) is 10.0. The number of carbonyl (C=O) groups excluding carboxylic acids is 5. The number of halogens is 2. The van der Waals surface area contributed by atoms with E-state index in [4.69, 9.17) is 9.47 Å². The van der Waals surface area contributed by atoms with Crippen molar-refractivity contribution in [3.63, 3.8) is 0 Å². The van der Waals surface area contributed by atoms with E-state index < -0.39 is 86.1 Å². The topological polar surface area (TPSA) is 193 Å². The number of para-hydroxylation sites is 1. The normalized spacial score (nSPS) is 27.6. The quantitative estimate of drug-likeness (QED) is 0.299. The van der Waals surface area contributed by atoms with E-state index in [0.29, 0.717) is 36.8 Å². The van der Waals surface area contributed by atoms with Crippen molar-refractivity contribution in [2.24, 2.45) is 5.92 Å². The van der Waals surface area contributed by atoms with E-state index in [1.807, 2.05) is 4.72 Å². The lowest BCUT2D eigenvalue weighted by Gasteiger charge is -2.28. The molecule has 2 aliphatic carbocycles. The van der Waals surface area contributed by atoms with Crippen molar-refractivity contribution in [2.75, 3.05) is 18.4 Å². The van der Waals surface area contributed by atoms with Gasteiger partial charge in [-0.15, -0.1) is 6.58 Å². The van der Waals surface area contributed by atoms with E-state index in [1.165, 1.54) is 34.1 Å². The van der Waals surface area contributed by atoms with Crippen LogP contribution in [0.5, 0.6) is 0 Å². The average molecular weight is 855 g/mol. The molecule has 0 radical (unpaired) electrons. The lowest BCUT2D eigenvalue weighted by Crippen LogP contribution is -2.56. The number of alkyl carbamates (subject to hydrolysis) is 1. The molecule has 15 nitrogen and oxygen atoms in total. The number of fused-ring (bicyclic) bond motifs is 3. The molecule has 0 aromatic heterocycles. The lowest BCUT2D eigenvalue weighted by atomic mass is 10.0. The second kappa shape index (κ2) is 18.2. The maximum atomic E-state index is 15.1. The molecule has 5 atom stereocenters. The van der Waals surface area contributed by atoms with Gasteiger partial charge >= 0.3 is 12.2 Å². The zero-order valence-electron chi connectivity index (χ0n) is 33.4. The van der Waals surface area contributed by atoms with Crippen molar-refractivity contribution in [1.82, 2.24) is 25.2 Å². The van der Waals surface area contributed by atoms with Crippen molar-refractivity contribution in [3.05, 3.63) is 71.8 Å². The van der Waals surface area contributed by atoms with Crippen LogP contribution in [0, 0.1) is 17.6 Å². The Hall–Kier alpha value is -5.26. The summed E-state index contributed by atoms with van der Waals surface area (Å²) in [7, 11) is -4.67. The van der Waals surface area contributed by atoms with Gasteiger partial charge in [0.1, 0.15) is 40.3 Å². The number of ether oxygens (including phenoxy) is 2. The third-order valence-electron chi connectivity index (χ3n) is 12.2. The van der Waals surface area contributed by atoms with E-state index in [0.717, 1.165) is 44.6 Å². The van der Waals surface area contributed by atoms with E-state index >= 15 is 4.39 Å². The van der Waals surface area contributed by atoms with Crippen LogP contribution in [0.3, 0.4) is 0 Å². The summed E-state index contributed by atoms with van der Waals surface area (Å²) < 4.78 is 70.5. The Labute approximate surface area is 348 Å². The Morgan fingerprint density at radius 3 is 2.37 bits per heavy atom. The number of amides is 5. The molecule has 1 unspecified atom stereocenters. The van der Waals surface area contributed by atoms with Crippen molar-refractivity contribution in [1.29, 1.82) is 0 Å². The van der Waals surface area contributed by atoms with Gasteiger partial charge in [0.05, 0.1) is 18.8 Å². The number of benzene rings is 2. The molecule has 3 heterocycles. The first kappa shape index (κ1) is 42.8. The molecule has 1 spiro atoms. The predicted octanol–water partition coefficient (Wildman–Crippen LogP) is 5.15. The fraction of sp³-hybridized carbons (Fsp3) is 0.548. The summed E-state index contributed by atoms with van der Waals surface area (Å²) >= 11 is 0. The van der Waals surface area contributed by atoms with Gasteiger partial charge < -0.3 is 30.3 Å². The minimum atomic E-state index is -4.67. The first-order chi connectivity index (χ1) is 28.8. The first-order valence-corrected chi connectivity index (χ1v) is 22.3. The van der Waals surface area contributed by atoms with Gasteiger partial charge in [0.15, 0.2) is 0 Å². The van der Waals surface area contributed by atoms with E-state index in [2.05, 4.69) is 22.5 Å². The average Bonchev–Trinajstić information content (AvgIpc) is 3.61. The maximum Gasteiger partial charge on any atom is 0.410 e. The van der Waals surface area contributed by atoms with Crippen LogP contribution in [0.15, 0.2) is 53.9 Å². The molecule has 18 heteroatoms. The second-order valence-corrected chi connectivity index (χ2v) is 18.1. The summed E-state index contributed by atoms with van der Waals surface area (Å²) in [4.78, 5) is 71.2. The molecule has 0 bridgehead atoms. The summed E-state index contributed by atoms with van der Waals surface area (Å²) in [6.45, 7) is 3.87. The Kier molecular flexibility index (Phi) is 13.0. The van der Waals surface area contributed by atoms with Crippen LogP contribution in [0.25, 0.3) is 0 Å². The smallest absolute Gasteiger partial charge is 0.410 e. The van der Waals surface area contributed by atoms with E-state index in [9.17, 15) is 36.8 Å². The number of rotatable bonds is 4. The van der Waals surface area contributed by atoms with Gasteiger partial charge in [0, 0.05) is 43.5 Å². The van der Waals surface area contributed by atoms with Gasteiger partial charge in [-0.05, 0) is 68.7 Å². The van der Waals surface area contributed by atoms with E-state index in [-0.39, 0.29) is 57.2 Å². The van der Waals surface area contributed by atoms with Gasteiger partial charge in [-0.1, -0.05) is 50.0 Å². The minimum Gasteiger partial charge on any atom is -0.446 e. The molecule has 4 N–H and O–H groups in total. The van der Waals surface area contributed by atoms with Gasteiger partial charge in [-0.2, -0.15) is 0 Å². The molecule has 3 aliphatic heterocycles. The number of nitrogens with zero attached hydrogens (tertiary/aromatic N) is 2. The summed E-state index contributed by atoms with van der Waals surface area (Å²) in [5.41, 5.74) is -1.07. The third kappa shape index (κ3) is 9.53. The Bertz CT molecular complexity index is 2120. The van der Waals surface area contributed by atoms with Crippen molar-refractivity contribution < 1.29 is 50.6 Å². The zero-order valence-corrected chi connectivity index (χ0v) is 34.2. The molecular weight excluding hydrogens is 803 g/mol. The van der Waals surface area contributed by atoms with Crippen molar-refractivity contribution in [3.8, 4) is 0 Å². The number of nitrogens with one attached hydrogen (secondary N) is 4. The number of hydrogen-bond donors (Lipinski definition) is 4. The lowest BCUT2D eigenvalue weighted by molar-refractivity contribution is -0.140. The minimum absolute atomic E-state index is 0.0158. The van der Waals surface area contributed by atoms with Gasteiger partial charge in [0.25, 0.3) is 15.9 Å². The Morgan fingerprint density at radius 1 is 0.900 bits per heavy atom. The largest absolute Gasteiger partial charge is 0.446 e. The molecule has 5 amide bonds. The monoisotopic (exact) mass is 854 g/mol. The predicted molar refractivity (Wildman–Crippen MR) is 213 cm³/mol. The molecular formula is C42H52F2N6O9S. The molecule has 2 saturated carbocycles. The Morgan fingerprint density at radius 2 is 1.62 bits per heavy atom. The molecule has 2 aromatic rings. The number of anilines is 1. The summed E-state index contributed by atoms with van der Waals surface area (Å²) in [6.07, 6.45) is 5.65. The van der Waals surface area contributed by atoms with Crippen LogP contribution in [0.2, 0.25) is 0 Å². The van der Waals surface area contributed by atoms with Crippen molar-refractivity contribution >= 4 is 45.6 Å². The third-order valence-corrected chi connectivity index (χ3v) is 13.6. The van der Waals surface area contributed by atoms with Gasteiger partial charge in [-0.25, -0.2) is 31.5 Å². The number of carbonyl (C=O) groups is 5. The van der Waals surface area contributed by atoms with Crippen molar-refractivity contribution in [2.45, 2.75) is 131 Å². The highest BCUT2D eigenvalue weighted by atomic mass is 32.2. The molecule has 3 fully saturated rings. The molecule has 1 saturated heterocycles. The molecule has 2 aromatic carbocycles. The summed E-state index contributed by atoms with van der Waals surface area (Å²) in [5, 5.41) is 8.44. The number of hydrogen-bond acceptors (Lipinski definition) is 10. The second-order valence-electron chi connectivity index (χ2n) is 16.4. The summed E-state index contributed by atoms with van der Waals surface area (Å²) in [6, 6.07) is 6.12.